The second kappa shape index (κ2) is 9.90. The summed E-state index contributed by atoms with van der Waals surface area (Å²) in [6.45, 7) is 0. The van der Waals surface area contributed by atoms with Gasteiger partial charge in [0.2, 0.25) is 5.91 Å². The van der Waals surface area contributed by atoms with Gasteiger partial charge in [0.25, 0.3) is 10.0 Å². The van der Waals surface area contributed by atoms with Crippen LogP contribution in [0.5, 0.6) is 0 Å². The zero-order valence-corrected chi connectivity index (χ0v) is 19.5. The number of anilines is 2. The van der Waals surface area contributed by atoms with Crippen LogP contribution in [0, 0.1) is 0 Å². The van der Waals surface area contributed by atoms with Crippen molar-refractivity contribution < 1.29 is 13.2 Å². The van der Waals surface area contributed by atoms with E-state index in [4.69, 9.17) is 12.2 Å². The first kappa shape index (κ1) is 22.6. The minimum Gasteiger partial charge on any atom is -0.332 e. The number of thiazole rings is 1. The summed E-state index contributed by atoms with van der Waals surface area (Å²) in [6, 6.07) is 19.8. The number of sulfonamides is 1. The second-order valence-electron chi connectivity index (χ2n) is 6.81. The predicted octanol–water partition coefficient (Wildman–Crippen LogP) is 4.62. The summed E-state index contributed by atoms with van der Waals surface area (Å²) in [5.41, 5.74) is 1.46. The Kier molecular flexibility index (Phi) is 6.78. The number of amides is 1. The van der Waals surface area contributed by atoms with Gasteiger partial charge in [0, 0.05) is 23.3 Å². The Morgan fingerprint density at radius 3 is 2.52 bits per heavy atom. The molecule has 10 heteroatoms. The van der Waals surface area contributed by atoms with Crippen molar-refractivity contribution in [2.24, 2.45) is 0 Å². The number of hydrogen-bond donors (Lipinski definition) is 3. The van der Waals surface area contributed by atoms with Gasteiger partial charge in [-0.15, -0.1) is 11.3 Å². The monoisotopic (exact) mass is 494 g/mol. The van der Waals surface area contributed by atoms with Crippen molar-refractivity contribution in [3.8, 4) is 0 Å². The largest absolute Gasteiger partial charge is 0.332 e. The standard InChI is InChI=1S/C23H18N4O3S3/c28-21(13-8-17-6-3-5-16-4-1-2-7-20(16)17)26-22(31)25-18-9-11-19(12-10-18)33(29,30)27-23-24-14-15-32-23/h1-15H,(H,24,27)(H2,25,26,28,31)/b13-8+. The van der Waals surface area contributed by atoms with Gasteiger partial charge in [0.05, 0.1) is 4.90 Å². The number of thiocarbonyl (C=S) groups is 1. The summed E-state index contributed by atoms with van der Waals surface area (Å²) in [6.07, 6.45) is 4.66. The summed E-state index contributed by atoms with van der Waals surface area (Å²) in [4.78, 5) is 16.3. The number of carbonyl (C=O) groups is 1. The molecule has 0 aliphatic carbocycles. The molecule has 1 aromatic heterocycles. The molecule has 0 radical (unpaired) electrons. The van der Waals surface area contributed by atoms with Gasteiger partial charge in [-0.3, -0.25) is 14.8 Å². The minimum absolute atomic E-state index is 0.0798. The number of carbonyl (C=O) groups excluding carboxylic acids is 1. The summed E-state index contributed by atoms with van der Waals surface area (Å²) in [5, 5.41) is 9.64. The van der Waals surface area contributed by atoms with Crippen LogP contribution in [-0.2, 0) is 14.8 Å². The number of nitrogens with one attached hydrogen (secondary N) is 3. The molecule has 0 unspecified atom stereocenters. The maximum atomic E-state index is 12.4. The number of aromatic nitrogens is 1. The van der Waals surface area contributed by atoms with E-state index in [0.717, 1.165) is 16.3 Å². The molecule has 0 saturated heterocycles. The van der Waals surface area contributed by atoms with E-state index in [1.54, 1.807) is 23.6 Å². The van der Waals surface area contributed by atoms with Crippen molar-refractivity contribution in [1.82, 2.24) is 10.3 Å². The van der Waals surface area contributed by atoms with E-state index in [0.29, 0.717) is 5.69 Å². The first-order valence-electron chi connectivity index (χ1n) is 9.71. The molecule has 33 heavy (non-hydrogen) atoms. The Hall–Kier alpha value is -3.60. The van der Waals surface area contributed by atoms with Crippen LogP contribution in [0.15, 0.2) is 89.3 Å². The molecule has 1 amide bonds. The zero-order valence-electron chi connectivity index (χ0n) is 17.1. The molecule has 166 valence electrons. The van der Waals surface area contributed by atoms with Gasteiger partial charge in [0.15, 0.2) is 10.2 Å². The quantitative estimate of drug-likeness (QED) is 0.267. The summed E-state index contributed by atoms with van der Waals surface area (Å²) in [5.74, 6) is -0.382. The van der Waals surface area contributed by atoms with E-state index in [2.05, 4.69) is 20.3 Å². The first-order chi connectivity index (χ1) is 15.9. The maximum absolute atomic E-state index is 12.4. The fraction of sp³-hybridized carbons (Fsp3) is 0. The molecule has 0 fully saturated rings. The molecule has 7 nitrogen and oxygen atoms in total. The highest BCUT2D eigenvalue weighted by Gasteiger charge is 2.15. The summed E-state index contributed by atoms with van der Waals surface area (Å²) in [7, 11) is -3.74. The van der Waals surface area contributed by atoms with Crippen LogP contribution in [0.3, 0.4) is 0 Å². The lowest BCUT2D eigenvalue weighted by atomic mass is 10.0. The van der Waals surface area contributed by atoms with Gasteiger partial charge in [0.1, 0.15) is 0 Å². The fourth-order valence-corrected chi connectivity index (χ4v) is 5.05. The number of fused-ring (bicyclic) bond motifs is 1. The summed E-state index contributed by atoms with van der Waals surface area (Å²) < 4.78 is 27.2. The third-order valence-electron chi connectivity index (χ3n) is 4.55. The van der Waals surface area contributed by atoms with Crippen LogP contribution in [0.25, 0.3) is 16.8 Å². The van der Waals surface area contributed by atoms with Gasteiger partial charge in [-0.2, -0.15) is 0 Å². The van der Waals surface area contributed by atoms with Gasteiger partial charge in [-0.1, -0.05) is 42.5 Å². The topological polar surface area (TPSA) is 100 Å². The Balaban J connectivity index is 1.35. The third-order valence-corrected chi connectivity index (χ3v) is 6.93. The number of hydrogen-bond acceptors (Lipinski definition) is 6. The van der Waals surface area contributed by atoms with E-state index in [9.17, 15) is 13.2 Å². The van der Waals surface area contributed by atoms with Gasteiger partial charge in [-0.05, 0) is 58.9 Å². The molecule has 3 aromatic carbocycles. The molecule has 0 saturated carbocycles. The molecule has 0 aliphatic rings. The highest BCUT2D eigenvalue weighted by molar-refractivity contribution is 7.93. The lowest BCUT2D eigenvalue weighted by Crippen LogP contribution is -2.32. The minimum atomic E-state index is -3.74. The van der Waals surface area contributed by atoms with E-state index in [-0.39, 0.29) is 21.0 Å². The van der Waals surface area contributed by atoms with Crippen LogP contribution in [0.2, 0.25) is 0 Å². The average Bonchev–Trinajstić information content (AvgIpc) is 3.30. The van der Waals surface area contributed by atoms with Crippen LogP contribution in [0.4, 0.5) is 10.8 Å². The van der Waals surface area contributed by atoms with E-state index < -0.39 is 10.0 Å². The molecular formula is C23H18N4O3S3. The Morgan fingerprint density at radius 1 is 1.00 bits per heavy atom. The van der Waals surface area contributed by atoms with Gasteiger partial charge in [-0.25, -0.2) is 13.4 Å². The van der Waals surface area contributed by atoms with Gasteiger partial charge < -0.3 is 5.32 Å². The average molecular weight is 495 g/mol. The number of benzene rings is 3. The van der Waals surface area contributed by atoms with E-state index >= 15 is 0 Å². The number of rotatable bonds is 6. The molecule has 3 N–H and O–H groups in total. The van der Waals surface area contributed by atoms with Crippen LogP contribution >= 0.6 is 23.6 Å². The van der Waals surface area contributed by atoms with E-state index in [1.807, 2.05) is 42.5 Å². The molecule has 0 spiro atoms. The van der Waals surface area contributed by atoms with Crippen molar-refractivity contribution in [3.63, 3.8) is 0 Å². The second-order valence-corrected chi connectivity index (χ2v) is 9.80. The molecule has 4 rings (SSSR count). The molecule has 0 bridgehead atoms. The SMILES string of the molecule is O=C(/C=C/c1cccc2ccccc12)NC(=S)Nc1ccc(S(=O)(=O)Nc2nccs2)cc1. The fourth-order valence-electron chi connectivity index (χ4n) is 3.04. The Bertz CT molecular complexity index is 1430. The Morgan fingerprint density at radius 2 is 1.76 bits per heavy atom. The first-order valence-corrected chi connectivity index (χ1v) is 12.5. The van der Waals surface area contributed by atoms with Crippen LogP contribution in [0.1, 0.15) is 5.56 Å². The lowest BCUT2D eigenvalue weighted by molar-refractivity contribution is -0.115. The molecule has 1 heterocycles. The summed E-state index contributed by atoms with van der Waals surface area (Å²) >= 11 is 6.38. The number of nitrogens with zero attached hydrogens (tertiary/aromatic N) is 1. The van der Waals surface area contributed by atoms with Crippen molar-refractivity contribution in [2.75, 3.05) is 10.0 Å². The molecule has 4 aromatic rings. The van der Waals surface area contributed by atoms with E-state index in [1.165, 1.54) is 35.7 Å². The van der Waals surface area contributed by atoms with Crippen molar-refractivity contribution in [3.05, 3.63) is 89.9 Å². The van der Waals surface area contributed by atoms with Crippen molar-refractivity contribution >= 4 is 72.3 Å². The smallest absolute Gasteiger partial charge is 0.263 e. The maximum Gasteiger partial charge on any atom is 0.263 e. The highest BCUT2D eigenvalue weighted by Crippen LogP contribution is 2.20. The Labute approximate surface area is 200 Å². The van der Waals surface area contributed by atoms with Gasteiger partial charge >= 0.3 is 0 Å². The predicted molar refractivity (Wildman–Crippen MR) is 137 cm³/mol. The zero-order chi connectivity index (χ0) is 23.3. The normalized spacial score (nSPS) is 11.4. The molecule has 0 aliphatic heterocycles. The van der Waals surface area contributed by atoms with Crippen molar-refractivity contribution in [2.45, 2.75) is 4.90 Å². The highest BCUT2D eigenvalue weighted by atomic mass is 32.2. The lowest BCUT2D eigenvalue weighted by Gasteiger charge is -2.10. The van der Waals surface area contributed by atoms with Crippen LogP contribution in [-0.4, -0.2) is 24.4 Å². The molecule has 0 atom stereocenters. The third kappa shape index (κ3) is 5.80. The van der Waals surface area contributed by atoms with Crippen LogP contribution < -0.4 is 15.4 Å². The molecular weight excluding hydrogens is 476 g/mol. The van der Waals surface area contributed by atoms with Crippen molar-refractivity contribution in [1.29, 1.82) is 0 Å².